The minimum absolute atomic E-state index is 0.0683. The molecule has 2 heterocycles. The van der Waals surface area contributed by atoms with Crippen molar-refractivity contribution in [3.8, 4) is 11.4 Å². The van der Waals surface area contributed by atoms with Crippen molar-refractivity contribution in [1.29, 1.82) is 0 Å². The Morgan fingerprint density at radius 2 is 1.89 bits per heavy atom. The normalized spacial score (nSPS) is 18.1. The van der Waals surface area contributed by atoms with Crippen LogP contribution in [0.1, 0.15) is 36.0 Å². The van der Waals surface area contributed by atoms with Crippen LogP contribution in [0, 0.1) is 5.92 Å². The van der Waals surface area contributed by atoms with E-state index in [4.69, 9.17) is 4.98 Å². The number of hydrogen-bond acceptors (Lipinski definition) is 5. The van der Waals surface area contributed by atoms with Crippen LogP contribution in [0.3, 0.4) is 0 Å². The first-order chi connectivity index (χ1) is 13.6. The Morgan fingerprint density at radius 1 is 1.18 bits per heavy atom. The van der Waals surface area contributed by atoms with Gasteiger partial charge >= 0.3 is 0 Å². The third kappa shape index (κ3) is 4.33. The molecule has 1 aliphatic heterocycles. The SMILES string of the molecule is CN1CCC(N(C)c2nc(-c3ccccc3)ncc2C(=O)NCC2CC2)CC1. The Balaban J connectivity index is 1.63. The molecule has 1 aromatic heterocycles. The summed E-state index contributed by atoms with van der Waals surface area (Å²) in [7, 11) is 4.22. The summed E-state index contributed by atoms with van der Waals surface area (Å²) in [5.41, 5.74) is 1.53. The molecule has 0 atom stereocenters. The van der Waals surface area contributed by atoms with E-state index in [1.54, 1.807) is 6.20 Å². The maximum Gasteiger partial charge on any atom is 0.256 e. The number of carbonyl (C=O) groups excluding carboxylic acids is 1. The first-order valence-corrected chi connectivity index (χ1v) is 10.2. The lowest BCUT2D eigenvalue weighted by molar-refractivity contribution is 0.0951. The van der Waals surface area contributed by atoms with Gasteiger partial charge < -0.3 is 15.1 Å². The van der Waals surface area contributed by atoms with Crippen LogP contribution >= 0.6 is 0 Å². The maximum absolute atomic E-state index is 12.9. The molecule has 2 aromatic rings. The molecule has 148 valence electrons. The second kappa shape index (κ2) is 8.27. The van der Waals surface area contributed by atoms with Gasteiger partial charge in [-0.2, -0.15) is 0 Å². The number of nitrogens with zero attached hydrogens (tertiary/aromatic N) is 4. The number of nitrogens with one attached hydrogen (secondary N) is 1. The van der Waals surface area contributed by atoms with E-state index >= 15 is 0 Å². The fourth-order valence-corrected chi connectivity index (χ4v) is 3.74. The smallest absolute Gasteiger partial charge is 0.256 e. The summed E-state index contributed by atoms with van der Waals surface area (Å²) in [6, 6.07) is 10.3. The molecule has 1 amide bonds. The van der Waals surface area contributed by atoms with Crippen LogP contribution in [0.2, 0.25) is 0 Å². The topological polar surface area (TPSA) is 61.4 Å². The minimum atomic E-state index is -0.0683. The highest BCUT2D eigenvalue weighted by Gasteiger charge is 2.27. The van der Waals surface area contributed by atoms with Crippen LogP contribution in [0.4, 0.5) is 5.82 Å². The molecule has 1 N–H and O–H groups in total. The van der Waals surface area contributed by atoms with Crippen molar-refractivity contribution in [1.82, 2.24) is 20.2 Å². The second-order valence-electron chi connectivity index (χ2n) is 8.10. The predicted molar refractivity (Wildman–Crippen MR) is 111 cm³/mol. The molecular formula is C22H29N5O. The number of aromatic nitrogens is 2. The Labute approximate surface area is 167 Å². The quantitative estimate of drug-likeness (QED) is 0.836. The van der Waals surface area contributed by atoms with E-state index in [1.165, 1.54) is 12.8 Å². The standard InChI is InChI=1S/C22H29N5O/c1-26-12-10-18(11-13-26)27(2)21-19(22(28)24-14-16-8-9-16)15-23-20(25-21)17-6-4-3-5-7-17/h3-7,15-16,18H,8-14H2,1-2H3,(H,24,28). The number of amides is 1. The minimum Gasteiger partial charge on any atom is -0.356 e. The Hall–Kier alpha value is -2.47. The average Bonchev–Trinajstić information content (AvgIpc) is 3.57. The third-order valence-electron chi connectivity index (χ3n) is 5.86. The molecule has 6 heteroatoms. The molecule has 2 aliphatic rings. The first kappa shape index (κ1) is 18.9. The van der Waals surface area contributed by atoms with Gasteiger partial charge in [-0.3, -0.25) is 4.79 Å². The molecule has 1 saturated carbocycles. The summed E-state index contributed by atoms with van der Waals surface area (Å²) in [6.07, 6.45) is 6.26. The second-order valence-corrected chi connectivity index (χ2v) is 8.10. The van der Waals surface area contributed by atoms with Crippen LogP contribution in [-0.4, -0.2) is 60.5 Å². The van der Waals surface area contributed by atoms with E-state index in [1.807, 2.05) is 30.3 Å². The lowest BCUT2D eigenvalue weighted by Crippen LogP contribution is -2.43. The van der Waals surface area contributed by atoms with E-state index < -0.39 is 0 Å². The highest BCUT2D eigenvalue weighted by atomic mass is 16.1. The summed E-state index contributed by atoms with van der Waals surface area (Å²) in [5, 5.41) is 3.07. The van der Waals surface area contributed by atoms with E-state index in [2.05, 4.69) is 34.2 Å². The zero-order chi connectivity index (χ0) is 19.5. The van der Waals surface area contributed by atoms with Crippen LogP contribution in [0.5, 0.6) is 0 Å². The number of likely N-dealkylation sites (tertiary alicyclic amines) is 1. The molecule has 4 rings (SSSR count). The number of hydrogen-bond donors (Lipinski definition) is 1. The fourth-order valence-electron chi connectivity index (χ4n) is 3.74. The van der Waals surface area contributed by atoms with E-state index in [9.17, 15) is 4.79 Å². The van der Waals surface area contributed by atoms with Crippen molar-refractivity contribution in [2.45, 2.75) is 31.7 Å². The molecule has 0 spiro atoms. The highest BCUT2D eigenvalue weighted by molar-refractivity contribution is 5.99. The Bertz CT molecular complexity index is 813. The van der Waals surface area contributed by atoms with Crippen molar-refractivity contribution in [3.05, 3.63) is 42.1 Å². The van der Waals surface area contributed by atoms with Gasteiger partial charge in [0.1, 0.15) is 11.4 Å². The Kier molecular flexibility index (Phi) is 5.57. The lowest BCUT2D eigenvalue weighted by atomic mass is 10.0. The van der Waals surface area contributed by atoms with Gasteiger partial charge in [-0.1, -0.05) is 30.3 Å². The molecule has 1 aromatic carbocycles. The van der Waals surface area contributed by atoms with Gasteiger partial charge in [0, 0.05) is 31.4 Å². The van der Waals surface area contributed by atoms with Crippen LogP contribution < -0.4 is 10.2 Å². The van der Waals surface area contributed by atoms with Crippen molar-refractivity contribution >= 4 is 11.7 Å². The summed E-state index contributed by atoms with van der Waals surface area (Å²) < 4.78 is 0. The monoisotopic (exact) mass is 379 g/mol. The number of piperidine rings is 1. The van der Waals surface area contributed by atoms with Gasteiger partial charge in [0.15, 0.2) is 5.82 Å². The number of rotatable bonds is 6. The van der Waals surface area contributed by atoms with E-state index in [-0.39, 0.29) is 5.91 Å². The molecule has 0 unspecified atom stereocenters. The molecule has 0 bridgehead atoms. The largest absolute Gasteiger partial charge is 0.356 e. The van der Waals surface area contributed by atoms with Gasteiger partial charge in [0.25, 0.3) is 5.91 Å². The maximum atomic E-state index is 12.9. The van der Waals surface area contributed by atoms with Crippen LogP contribution in [-0.2, 0) is 0 Å². The average molecular weight is 380 g/mol. The van der Waals surface area contributed by atoms with Gasteiger partial charge in [-0.25, -0.2) is 9.97 Å². The van der Waals surface area contributed by atoms with Crippen molar-refractivity contribution in [3.63, 3.8) is 0 Å². The fraction of sp³-hybridized carbons (Fsp3) is 0.500. The molecular weight excluding hydrogens is 350 g/mol. The summed E-state index contributed by atoms with van der Waals surface area (Å²) >= 11 is 0. The Morgan fingerprint density at radius 3 is 2.57 bits per heavy atom. The predicted octanol–water partition coefficient (Wildman–Crippen LogP) is 2.81. The molecule has 0 radical (unpaired) electrons. The van der Waals surface area contributed by atoms with E-state index in [0.717, 1.165) is 43.9 Å². The zero-order valence-corrected chi connectivity index (χ0v) is 16.8. The van der Waals surface area contributed by atoms with Crippen LogP contribution in [0.25, 0.3) is 11.4 Å². The number of benzene rings is 1. The lowest BCUT2D eigenvalue weighted by Gasteiger charge is -2.36. The summed E-state index contributed by atoms with van der Waals surface area (Å²) in [4.78, 5) is 26.7. The van der Waals surface area contributed by atoms with Gasteiger partial charge in [-0.15, -0.1) is 0 Å². The number of carbonyl (C=O) groups is 1. The summed E-state index contributed by atoms with van der Waals surface area (Å²) in [6.45, 7) is 2.88. The molecule has 6 nitrogen and oxygen atoms in total. The zero-order valence-electron chi connectivity index (χ0n) is 16.8. The van der Waals surface area contributed by atoms with Crippen molar-refractivity contribution in [2.24, 2.45) is 5.92 Å². The number of anilines is 1. The van der Waals surface area contributed by atoms with Gasteiger partial charge in [-0.05, 0) is 51.7 Å². The third-order valence-corrected chi connectivity index (χ3v) is 5.86. The van der Waals surface area contributed by atoms with E-state index in [0.29, 0.717) is 23.3 Å². The first-order valence-electron chi connectivity index (χ1n) is 10.2. The van der Waals surface area contributed by atoms with Gasteiger partial charge in [0.2, 0.25) is 0 Å². The molecule has 28 heavy (non-hydrogen) atoms. The van der Waals surface area contributed by atoms with Crippen molar-refractivity contribution in [2.75, 3.05) is 38.6 Å². The molecule has 2 fully saturated rings. The summed E-state index contributed by atoms with van der Waals surface area (Å²) in [5.74, 6) is 1.97. The van der Waals surface area contributed by atoms with Gasteiger partial charge in [0.05, 0.1) is 0 Å². The van der Waals surface area contributed by atoms with Crippen LogP contribution in [0.15, 0.2) is 36.5 Å². The highest BCUT2D eigenvalue weighted by Crippen LogP contribution is 2.29. The molecule has 1 aliphatic carbocycles. The molecule has 1 saturated heterocycles. The van der Waals surface area contributed by atoms with Crippen molar-refractivity contribution < 1.29 is 4.79 Å².